The molecule has 1 fully saturated rings. The monoisotopic (exact) mass is 818 g/mol. The summed E-state index contributed by atoms with van der Waals surface area (Å²) >= 11 is 0. The quantitative estimate of drug-likeness (QED) is 0.284. The molecule has 3 atom stereocenters. The number of nitrogens with zero attached hydrogens (tertiary/aromatic N) is 6. The van der Waals surface area contributed by atoms with Gasteiger partial charge in [-0.2, -0.15) is 14.0 Å². The Morgan fingerprint density at radius 3 is 1.49 bits per heavy atom. The normalized spacial score (nSPS) is 24.2. The van der Waals surface area contributed by atoms with Crippen molar-refractivity contribution < 1.29 is 92.9 Å². The van der Waals surface area contributed by atoms with Gasteiger partial charge in [0, 0.05) is 5.71 Å². The summed E-state index contributed by atoms with van der Waals surface area (Å²) < 4.78 is 55.5. The molecule has 0 aromatic heterocycles. The summed E-state index contributed by atoms with van der Waals surface area (Å²) in [4.78, 5) is 18.7. The second kappa shape index (κ2) is 30.5. The van der Waals surface area contributed by atoms with Crippen LogP contribution in [0.15, 0.2) is 43.9 Å². The maximum absolute atomic E-state index is 8.60. The van der Waals surface area contributed by atoms with Gasteiger partial charge >= 0.3 is 34.1 Å². The molecule has 3 aliphatic heterocycles. The van der Waals surface area contributed by atoms with Crippen LogP contribution in [0.2, 0.25) is 0 Å². The average molecular weight is 820 g/mol. The standard InChI is InChI=1S/C30H48N6O4.ClHO4.2Cu.2H2O/c1-23-27-7-5-8-28(35-27)24(2)32-12-16-39-21-22-40-18-14-34-26(4)30-10-6-9-29(36-30)25(3)33-13-17-38-20-19-37-15-11-31-23;2-1(3,4)5;;;;/h5,7-8,27,29-30H,6,9-22H2,1-4H3;(H,2,3,4,5);;;2*1H2/q-2;;2*+2;;. The molecule has 3 aliphatic rings. The SMILES string of the molecule is CC1=NCCOCCOCCN=C(C)C2CCCC([N-]2)C(C)=NCCOCCOCCN=C(C)C2C=CC=C1[N-]2.O.O.[Cu+2].[Cu+2].[O-][Cl+3]([O-])([O-])O. The minimum absolute atomic E-state index is 0. The molecule has 2 radical (unpaired) electrons. The maximum atomic E-state index is 8.60. The van der Waals surface area contributed by atoms with Gasteiger partial charge in [0.05, 0.1) is 93.9 Å². The molecule has 0 aromatic carbocycles. The van der Waals surface area contributed by atoms with Crippen molar-refractivity contribution in [2.24, 2.45) is 20.0 Å². The Balaban J connectivity index is -0.00000219. The van der Waals surface area contributed by atoms with Crippen LogP contribution in [-0.4, -0.2) is 136 Å². The first-order chi connectivity index (χ1) is 21.5. The Morgan fingerprint density at radius 2 is 1.06 bits per heavy atom. The first kappa shape index (κ1) is 52.2. The molecule has 3 unspecified atom stereocenters. The van der Waals surface area contributed by atoms with Crippen molar-refractivity contribution in [3.8, 4) is 0 Å². The van der Waals surface area contributed by atoms with E-state index in [0.717, 1.165) is 47.8 Å². The number of fused-ring (bicyclic) bond motifs is 4. The van der Waals surface area contributed by atoms with E-state index in [2.05, 4.69) is 23.8 Å². The second-order valence-corrected chi connectivity index (χ2v) is 11.3. The summed E-state index contributed by atoms with van der Waals surface area (Å²) in [5.74, 6) is 0. The molecule has 16 nitrogen and oxygen atoms in total. The number of allylic oxidation sites excluding steroid dienone is 3. The predicted molar refractivity (Wildman–Crippen MR) is 174 cm³/mol. The van der Waals surface area contributed by atoms with E-state index in [9.17, 15) is 0 Å². The average Bonchev–Trinajstić information content (AvgIpc) is 3.01. The van der Waals surface area contributed by atoms with Crippen molar-refractivity contribution >= 4 is 22.8 Å². The van der Waals surface area contributed by atoms with Gasteiger partial charge in [-0.15, -0.1) is 5.70 Å². The van der Waals surface area contributed by atoms with E-state index >= 15 is 0 Å². The fraction of sp³-hybridized carbons (Fsp3) is 0.733. The molecule has 5 N–H and O–H groups in total. The Morgan fingerprint density at radius 1 is 0.673 bits per heavy atom. The zero-order chi connectivity index (χ0) is 32.9. The van der Waals surface area contributed by atoms with Gasteiger partial charge in [-0.3, -0.25) is 20.0 Å². The number of aliphatic imine (C=N–C) groups is 4. The number of halogens is 1. The zero-order valence-corrected chi connectivity index (χ0v) is 31.2. The van der Waals surface area contributed by atoms with Crippen molar-refractivity contribution in [2.45, 2.75) is 65.1 Å². The van der Waals surface area contributed by atoms with Crippen LogP contribution in [0.1, 0.15) is 47.0 Å². The Hall–Kier alpha value is -1.15. The van der Waals surface area contributed by atoms with Gasteiger partial charge in [0.1, 0.15) is 0 Å². The summed E-state index contributed by atoms with van der Waals surface area (Å²) in [5.41, 5.74) is 4.90. The summed E-state index contributed by atoms with van der Waals surface area (Å²) in [6, 6.07) is 0.251. The largest absolute Gasteiger partial charge is 2.00 e. The van der Waals surface area contributed by atoms with Crippen LogP contribution in [-0.2, 0) is 53.1 Å². The van der Waals surface area contributed by atoms with Crippen molar-refractivity contribution in [3.63, 3.8) is 0 Å². The van der Waals surface area contributed by atoms with Crippen molar-refractivity contribution in [3.05, 3.63) is 34.6 Å². The van der Waals surface area contributed by atoms with E-state index in [0.29, 0.717) is 79.0 Å². The minimum atomic E-state index is -4.69. The van der Waals surface area contributed by atoms with Gasteiger partial charge in [-0.25, -0.2) is 0 Å². The molecule has 0 amide bonds. The van der Waals surface area contributed by atoms with Crippen LogP contribution in [0.25, 0.3) is 10.6 Å². The summed E-state index contributed by atoms with van der Waals surface area (Å²) in [7, 11) is -4.69. The maximum Gasteiger partial charge on any atom is 2.00 e. The van der Waals surface area contributed by atoms with Crippen molar-refractivity contribution in [2.75, 3.05) is 79.0 Å². The molecule has 49 heavy (non-hydrogen) atoms. The Bertz CT molecular complexity index is 1050. The number of piperidine rings is 1. The van der Waals surface area contributed by atoms with Crippen LogP contribution in [0.4, 0.5) is 0 Å². The van der Waals surface area contributed by atoms with Gasteiger partial charge in [0.25, 0.3) is 0 Å². The molecule has 3 heterocycles. The Kier molecular flexibility index (Phi) is 32.5. The van der Waals surface area contributed by atoms with Crippen LogP contribution in [0.5, 0.6) is 0 Å². The van der Waals surface area contributed by atoms with Crippen LogP contribution < -0.4 is 14.0 Å². The van der Waals surface area contributed by atoms with E-state index in [-0.39, 0.29) is 63.2 Å². The minimum Gasteiger partial charge on any atom is -0.672 e. The van der Waals surface area contributed by atoms with E-state index in [4.69, 9.17) is 58.2 Å². The molecular formula is C30H53ClCu2N6O10+2. The number of ether oxygens (including phenoxy) is 4. The topological polar surface area (TPSA) is 267 Å². The van der Waals surface area contributed by atoms with Gasteiger partial charge in [0.15, 0.2) is 0 Å². The first-order valence-corrected chi connectivity index (χ1v) is 16.6. The molecule has 1 saturated heterocycles. The van der Waals surface area contributed by atoms with Crippen molar-refractivity contribution in [1.82, 2.24) is 0 Å². The zero-order valence-electron chi connectivity index (χ0n) is 28.5. The fourth-order valence-electron chi connectivity index (χ4n) is 4.61. The summed E-state index contributed by atoms with van der Waals surface area (Å²) in [5, 5.41) is 9.84. The second-order valence-electron chi connectivity index (χ2n) is 10.5. The number of hydrogen-bond acceptors (Lipinski definition) is 12. The van der Waals surface area contributed by atoms with Gasteiger partial charge in [-0.05, 0) is 44.8 Å². The predicted octanol–water partition coefficient (Wildman–Crippen LogP) is -1.38. The third-order valence-corrected chi connectivity index (χ3v) is 7.02. The molecule has 0 aromatic rings. The van der Waals surface area contributed by atoms with Crippen LogP contribution >= 0.6 is 0 Å². The van der Waals surface area contributed by atoms with E-state index in [1.54, 1.807) is 0 Å². The van der Waals surface area contributed by atoms with Crippen LogP contribution in [0, 0.1) is 10.2 Å². The number of rotatable bonds is 0. The van der Waals surface area contributed by atoms with Gasteiger partial charge < -0.3 is 40.5 Å². The van der Waals surface area contributed by atoms with E-state index < -0.39 is 10.2 Å². The Labute approximate surface area is 313 Å². The van der Waals surface area contributed by atoms with E-state index in [1.807, 2.05) is 32.1 Å². The third-order valence-electron chi connectivity index (χ3n) is 7.02. The van der Waals surface area contributed by atoms with Gasteiger partial charge in [0.2, 0.25) is 0 Å². The summed E-state index contributed by atoms with van der Waals surface area (Å²) in [6.45, 7) is 15.0. The molecule has 290 valence electrons. The smallest absolute Gasteiger partial charge is 0.672 e. The molecule has 4 bridgehead atoms. The van der Waals surface area contributed by atoms with Crippen molar-refractivity contribution in [1.29, 1.82) is 0 Å². The molecule has 0 aliphatic carbocycles. The van der Waals surface area contributed by atoms with Crippen LogP contribution in [0.3, 0.4) is 0 Å². The van der Waals surface area contributed by atoms with E-state index in [1.165, 1.54) is 0 Å². The number of hydrogen-bond donors (Lipinski definition) is 1. The molecule has 0 spiro atoms. The van der Waals surface area contributed by atoms with Gasteiger partial charge in [-0.1, -0.05) is 55.6 Å². The molecular weight excluding hydrogens is 767 g/mol. The summed E-state index contributed by atoms with van der Waals surface area (Å²) in [6.07, 6.45) is 9.29. The molecule has 0 saturated carbocycles. The molecule has 3 rings (SSSR count). The first-order valence-electron chi connectivity index (χ1n) is 15.3. The molecule has 19 heteroatoms. The fourth-order valence-corrected chi connectivity index (χ4v) is 4.61. The third kappa shape index (κ3) is 25.5.